The molecule has 0 radical (unpaired) electrons. The number of hydrogen-bond donors (Lipinski definition) is 1. The highest BCUT2D eigenvalue weighted by atomic mass is 32.1. The maximum absolute atomic E-state index is 11.4. The number of fused-ring (bicyclic) bond motifs is 1. The fourth-order valence-corrected chi connectivity index (χ4v) is 4.04. The maximum Gasteiger partial charge on any atom is 0.412 e. The molecule has 7 heteroatoms. The van der Waals surface area contributed by atoms with Gasteiger partial charge in [-0.25, -0.2) is 14.8 Å². The van der Waals surface area contributed by atoms with Crippen molar-refractivity contribution >= 4 is 33.5 Å². The van der Waals surface area contributed by atoms with Crippen molar-refractivity contribution in [3.05, 3.63) is 36.0 Å². The predicted molar refractivity (Wildman–Crippen MR) is 113 cm³/mol. The number of rotatable bonds is 7. The quantitative estimate of drug-likeness (QED) is 0.560. The lowest BCUT2D eigenvalue weighted by atomic mass is 10.00. The van der Waals surface area contributed by atoms with E-state index in [0.717, 1.165) is 33.5 Å². The minimum atomic E-state index is -0.549. The van der Waals surface area contributed by atoms with Crippen molar-refractivity contribution in [3.63, 3.8) is 0 Å². The van der Waals surface area contributed by atoms with E-state index in [9.17, 15) is 4.79 Å². The molecule has 2 aromatic heterocycles. The van der Waals surface area contributed by atoms with Crippen molar-refractivity contribution in [1.82, 2.24) is 9.97 Å². The lowest BCUT2D eigenvalue weighted by Gasteiger charge is -2.16. The summed E-state index contributed by atoms with van der Waals surface area (Å²) in [6, 6.07) is 7.71. The SMILES string of the molecule is COC(=O)Nc1cc(-c2ccc(OC[C@H](C)CC(C)C)c3ncsc23)ccn1. The number of nitrogens with one attached hydrogen (secondary N) is 1. The van der Waals surface area contributed by atoms with Crippen molar-refractivity contribution in [1.29, 1.82) is 0 Å². The summed E-state index contributed by atoms with van der Waals surface area (Å²) in [7, 11) is 1.32. The monoisotopic (exact) mass is 399 g/mol. The smallest absolute Gasteiger partial charge is 0.412 e. The van der Waals surface area contributed by atoms with Crippen LogP contribution in [0.5, 0.6) is 5.75 Å². The summed E-state index contributed by atoms with van der Waals surface area (Å²) in [5.41, 5.74) is 4.65. The highest BCUT2D eigenvalue weighted by molar-refractivity contribution is 7.17. The van der Waals surface area contributed by atoms with Crippen molar-refractivity contribution < 1.29 is 14.3 Å². The molecule has 6 nitrogen and oxygen atoms in total. The molecule has 0 saturated carbocycles. The summed E-state index contributed by atoms with van der Waals surface area (Å²) in [5.74, 6) is 2.38. The summed E-state index contributed by atoms with van der Waals surface area (Å²) in [5, 5.41) is 2.59. The number of aromatic nitrogens is 2. The number of methoxy groups -OCH3 is 1. The van der Waals surface area contributed by atoms with Gasteiger partial charge in [0.15, 0.2) is 0 Å². The Morgan fingerprint density at radius 2 is 2.04 bits per heavy atom. The van der Waals surface area contributed by atoms with Gasteiger partial charge in [-0.2, -0.15) is 0 Å². The molecule has 0 unspecified atom stereocenters. The zero-order chi connectivity index (χ0) is 20.1. The molecule has 3 aromatic rings. The lowest BCUT2D eigenvalue weighted by Crippen LogP contribution is -2.12. The van der Waals surface area contributed by atoms with Crippen LogP contribution in [0.1, 0.15) is 27.2 Å². The Morgan fingerprint density at radius 1 is 1.21 bits per heavy atom. The van der Waals surface area contributed by atoms with Gasteiger partial charge in [0.05, 0.1) is 23.9 Å². The summed E-state index contributed by atoms with van der Waals surface area (Å²) < 4.78 is 11.8. The fourth-order valence-electron chi connectivity index (χ4n) is 3.20. The van der Waals surface area contributed by atoms with Crippen LogP contribution in [0.25, 0.3) is 21.3 Å². The zero-order valence-corrected chi connectivity index (χ0v) is 17.4. The molecule has 3 rings (SSSR count). The molecule has 148 valence electrons. The molecule has 2 heterocycles. The summed E-state index contributed by atoms with van der Waals surface area (Å²) in [6.45, 7) is 7.33. The van der Waals surface area contributed by atoms with Crippen molar-refractivity contribution in [3.8, 4) is 16.9 Å². The van der Waals surface area contributed by atoms with Crippen LogP contribution in [0.2, 0.25) is 0 Å². The van der Waals surface area contributed by atoms with E-state index in [1.54, 1.807) is 17.5 Å². The van der Waals surface area contributed by atoms with Gasteiger partial charge in [-0.3, -0.25) is 5.32 Å². The Hall–Kier alpha value is -2.67. The normalized spacial score (nSPS) is 12.2. The number of amides is 1. The van der Waals surface area contributed by atoms with E-state index in [1.807, 2.05) is 29.8 Å². The number of anilines is 1. The molecule has 28 heavy (non-hydrogen) atoms. The predicted octanol–water partition coefficient (Wildman–Crippen LogP) is 5.60. The van der Waals surface area contributed by atoms with Crippen LogP contribution in [0.4, 0.5) is 10.6 Å². The van der Waals surface area contributed by atoms with Gasteiger partial charge in [0, 0.05) is 11.8 Å². The second-order valence-electron chi connectivity index (χ2n) is 7.23. The van der Waals surface area contributed by atoms with Crippen molar-refractivity contribution in [2.45, 2.75) is 27.2 Å². The summed E-state index contributed by atoms with van der Waals surface area (Å²) >= 11 is 1.57. The van der Waals surface area contributed by atoms with Crippen LogP contribution in [0.15, 0.2) is 36.0 Å². The van der Waals surface area contributed by atoms with Gasteiger partial charge >= 0.3 is 6.09 Å². The maximum atomic E-state index is 11.4. The lowest BCUT2D eigenvalue weighted by molar-refractivity contribution is 0.187. The Kier molecular flexibility index (Phi) is 6.46. The number of hydrogen-bond acceptors (Lipinski definition) is 6. The molecule has 0 aliphatic heterocycles. The van der Waals surface area contributed by atoms with E-state index in [4.69, 9.17) is 4.74 Å². The van der Waals surface area contributed by atoms with Crippen LogP contribution < -0.4 is 10.1 Å². The van der Waals surface area contributed by atoms with Gasteiger partial charge in [-0.1, -0.05) is 20.8 Å². The van der Waals surface area contributed by atoms with E-state index in [1.165, 1.54) is 7.11 Å². The van der Waals surface area contributed by atoms with E-state index in [0.29, 0.717) is 24.3 Å². The van der Waals surface area contributed by atoms with Crippen LogP contribution in [0.3, 0.4) is 0 Å². The zero-order valence-electron chi connectivity index (χ0n) is 16.6. The molecule has 1 atom stereocenters. The van der Waals surface area contributed by atoms with E-state index in [2.05, 4.69) is 40.8 Å². The molecule has 0 saturated heterocycles. The number of nitrogens with zero attached hydrogens (tertiary/aromatic N) is 2. The van der Waals surface area contributed by atoms with Crippen molar-refractivity contribution in [2.75, 3.05) is 19.0 Å². The van der Waals surface area contributed by atoms with Crippen LogP contribution in [-0.4, -0.2) is 29.8 Å². The molecular formula is C21H25N3O3S. The highest BCUT2D eigenvalue weighted by Gasteiger charge is 2.14. The first-order valence-electron chi connectivity index (χ1n) is 9.28. The third kappa shape index (κ3) is 4.78. The Balaban J connectivity index is 1.86. The second-order valence-corrected chi connectivity index (χ2v) is 8.09. The Bertz CT molecular complexity index is 955. The molecule has 1 aromatic carbocycles. The van der Waals surface area contributed by atoms with Gasteiger partial charge < -0.3 is 9.47 Å². The number of carbonyl (C=O) groups excluding carboxylic acids is 1. The Labute approximate surface area is 168 Å². The molecule has 0 bridgehead atoms. The number of pyridine rings is 1. The molecular weight excluding hydrogens is 374 g/mol. The van der Waals surface area contributed by atoms with Crippen LogP contribution >= 0.6 is 11.3 Å². The molecule has 0 aliphatic carbocycles. The number of carbonyl (C=O) groups is 1. The molecule has 0 aliphatic rings. The second kappa shape index (κ2) is 9.01. The average molecular weight is 400 g/mol. The summed E-state index contributed by atoms with van der Waals surface area (Å²) in [4.78, 5) is 20.1. The van der Waals surface area contributed by atoms with Crippen LogP contribution in [-0.2, 0) is 4.74 Å². The van der Waals surface area contributed by atoms with Gasteiger partial charge in [0.2, 0.25) is 0 Å². The van der Waals surface area contributed by atoms with Gasteiger partial charge in [0.1, 0.15) is 17.1 Å². The van der Waals surface area contributed by atoms with Crippen LogP contribution in [0, 0.1) is 11.8 Å². The number of ether oxygens (including phenoxy) is 2. The minimum absolute atomic E-state index is 0.435. The molecule has 1 N–H and O–H groups in total. The molecule has 0 spiro atoms. The Morgan fingerprint density at radius 3 is 2.79 bits per heavy atom. The number of benzene rings is 1. The first kappa shape index (κ1) is 20.1. The van der Waals surface area contributed by atoms with Gasteiger partial charge in [-0.15, -0.1) is 11.3 Å². The number of thiazole rings is 1. The minimum Gasteiger partial charge on any atom is -0.491 e. The van der Waals surface area contributed by atoms with E-state index in [-0.39, 0.29) is 0 Å². The topological polar surface area (TPSA) is 73.3 Å². The first-order chi connectivity index (χ1) is 13.5. The third-order valence-electron chi connectivity index (χ3n) is 4.33. The third-order valence-corrected chi connectivity index (χ3v) is 5.19. The molecule has 0 fully saturated rings. The first-order valence-corrected chi connectivity index (χ1v) is 10.2. The fraction of sp³-hybridized carbons (Fsp3) is 0.381. The average Bonchev–Trinajstić information content (AvgIpc) is 3.15. The standard InChI is InChI=1S/C21H25N3O3S/c1-13(2)9-14(3)11-27-17-6-5-16(20-19(17)23-12-28-20)15-7-8-22-18(10-15)24-21(25)26-4/h5-8,10,12-14H,9,11H2,1-4H3,(H,22,24,25)/t14-/m1/s1. The van der Waals surface area contributed by atoms with E-state index < -0.39 is 6.09 Å². The summed E-state index contributed by atoms with van der Waals surface area (Å²) in [6.07, 6.45) is 2.24. The van der Waals surface area contributed by atoms with E-state index >= 15 is 0 Å². The van der Waals surface area contributed by atoms with Gasteiger partial charge in [-0.05, 0) is 48.1 Å². The highest BCUT2D eigenvalue weighted by Crippen LogP contribution is 2.37. The van der Waals surface area contributed by atoms with Crippen molar-refractivity contribution in [2.24, 2.45) is 11.8 Å². The largest absolute Gasteiger partial charge is 0.491 e. The van der Waals surface area contributed by atoms with Gasteiger partial charge in [0.25, 0.3) is 0 Å². The molecule has 1 amide bonds.